The fourth-order valence-electron chi connectivity index (χ4n) is 6.76. The number of para-hydroxylation sites is 1. The number of unbranched alkanes of at least 4 members (excludes halogenated alkanes) is 1. The summed E-state index contributed by atoms with van der Waals surface area (Å²) in [6.45, 7) is 7.84. The maximum absolute atomic E-state index is 12.2. The zero-order valence-electron chi connectivity index (χ0n) is 16.7. The Labute approximate surface area is 173 Å². The molecular weight excluding hydrogens is 372 g/mol. The second kappa shape index (κ2) is 6.64. The number of piperidine rings is 1. The summed E-state index contributed by atoms with van der Waals surface area (Å²) < 4.78 is 1.15. The molecule has 1 aromatic carbocycles. The average molecular weight is 401 g/mol. The summed E-state index contributed by atoms with van der Waals surface area (Å²) in [6, 6.07) is 6.37. The molecule has 5 rings (SSSR count). The van der Waals surface area contributed by atoms with Crippen molar-refractivity contribution in [2.45, 2.75) is 51.0 Å². The first-order chi connectivity index (χ1) is 13.1. The molecule has 0 aromatic heterocycles. The highest BCUT2D eigenvalue weighted by Gasteiger charge is 2.68. The monoisotopic (exact) mass is 400 g/mol. The lowest BCUT2D eigenvalue weighted by atomic mass is 9.61. The minimum Gasteiger partial charge on any atom is -1.00 e. The number of rotatable bonds is 4. The zero-order valence-corrected chi connectivity index (χ0v) is 17.4. The van der Waals surface area contributed by atoms with Crippen molar-refractivity contribution in [3.8, 4) is 5.75 Å². The molecule has 0 amide bonds. The molecule has 3 heterocycles. The highest BCUT2D eigenvalue weighted by atomic mass is 35.5. The number of phenols is 1. The zero-order chi connectivity index (χ0) is 18.8. The Bertz CT molecular complexity index is 893. The molecule has 4 aliphatic rings. The van der Waals surface area contributed by atoms with Crippen LogP contribution in [0.25, 0.3) is 0 Å². The number of anilines is 1. The van der Waals surface area contributed by atoms with Gasteiger partial charge in [0.15, 0.2) is 0 Å². The SMILES string of the molecule is CC=C1C[N+]2(CCCC)CCC34C(=C(C=O)[C@H]1C[C@@H]32)Nc1c(O)cccc14.[Cl-]. The van der Waals surface area contributed by atoms with Crippen LogP contribution in [0, 0.1) is 5.92 Å². The van der Waals surface area contributed by atoms with E-state index in [1.807, 2.05) is 6.07 Å². The Balaban J connectivity index is 0.00000192. The van der Waals surface area contributed by atoms with Crippen molar-refractivity contribution in [3.05, 3.63) is 46.7 Å². The molecule has 0 radical (unpaired) electrons. The van der Waals surface area contributed by atoms with E-state index in [-0.39, 0.29) is 23.7 Å². The van der Waals surface area contributed by atoms with Gasteiger partial charge in [-0.25, -0.2) is 0 Å². The first-order valence-electron chi connectivity index (χ1n) is 10.4. The second-order valence-corrected chi connectivity index (χ2v) is 8.84. The van der Waals surface area contributed by atoms with E-state index < -0.39 is 0 Å². The number of benzene rings is 1. The Morgan fingerprint density at radius 2 is 2.21 bits per heavy atom. The molecule has 3 aliphatic heterocycles. The van der Waals surface area contributed by atoms with Crippen molar-refractivity contribution in [1.82, 2.24) is 0 Å². The minimum atomic E-state index is -0.131. The molecule has 28 heavy (non-hydrogen) atoms. The van der Waals surface area contributed by atoms with Gasteiger partial charge in [-0.05, 0) is 30.5 Å². The lowest BCUT2D eigenvalue weighted by Crippen LogP contribution is -3.00. The minimum absolute atomic E-state index is 0. The Morgan fingerprint density at radius 1 is 1.39 bits per heavy atom. The van der Waals surface area contributed by atoms with Crippen LogP contribution in [0.15, 0.2) is 41.1 Å². The number of phenolic OH excluding ortho intramolecular Hbond substituents is 1. The van der Waals surface area contributed by atoms with Crippen molar-refractivity contribution >= 4 is 12.0 Å². The van der Waals surface area contributed by atoms with Crippen LogP contribution in [0.1, 0.15) is 45.1 Å². The molecule has 1 aromatic rings. The van der Waals surface area contributed by atoms with Crippen LogP contribution in [0.5, 0.6) is 5.75 Å². The van der Waals surface area contributed by atoms with Gasteiger partial charge in [0.2, 0.25) is 0 Å². The molecule has 1 aliphatic carbocycles. The van der Waals surface area contributed by atoms with Crippen LogP contribution in [0.3, 0.4) is 0 Å². The molecule has 2 fully saturated rings. The average Bonchev–Trinajstić information content (AvgIpc) is 3.21. The van der Waals surface area contributed by atoms with E-state index in [2.05, 4.69) is 31.3 Å². The predicted molar refractivity (Wildman–Crippen MR) is 107 cm³/mol. The van der Waals surface area contributed by atoms with Gasteiger partial charge in [0.25, 0.3) is 0 Å². The Hall–Kier alpha value is -1.78. The number of fused-ring (bicyclic) bond motifs is 2. The molecule has 150 valence electrons. The fourth-order valence-corrected chi connectivity index (χ4v) is 6.76. The van der Waals surface area contributed by atoms with Crippen LogP contribution in [-0.2, 0) is 10.2 Å². The van der Waals surface area contributed by atoms with Crippen molar-refractivity contribution in [1.29, 1.82) is 0 Å². The van der Waals surface area contributed by atoms with Gasteiger partial charge >= 0.3 is 0 Å². The molecule has 4 nitrogen and oxygen atoms in total. The molecule has 4 atom stereocenters. The van der Waals surface area contributed by atoms with Gasteiger partial charge < -0.3 is 27.3 Å². The summed E-state index contributed by atoms with van der Waals surface area (Å²) in [7, 11) is 0. The van der Waals surface area contributed by atoms with E-state index in [4.69, 9.17) is 0 Å². The summed E-state index contributed by atoms with van der Waals surface area (Å²) >= 11 is 0. The van der Waals surface area contributed by atoms with Crippen LogP contribution in [0.4, 0.5) is 5.69 Å². The lowest BCUT2D eigenvalue weighted by Gasteiger charge is -2.53. The van der Waals surface area contributed by atoms with Crippen molar-refractivity contribution in [2.24, 2.45) is 5.92 Å². The Morgan fingerprint density at radius 3 is 2.93 bits per heavy atom. The third-order valence-electron chi connectivity index (χ3n) is 7.92. The van der Waals surface area contributed by atoms with E-state index in [9.17, 15) is 9.90 Å². The third-order valence-corrected chi connectivity index (χ3v) is 7.92. The number of quaternary nitrogens is 1. The number of carbonyl (C=O) groups excluding carboxylic acids is 1. The van der Waals surface area contributed by atoms with Crippen molar-refractivity contribution in [2.75, 3.05) is 25.0 Å². The number of aldehydes is 1. The normalized spacial score (nSPS) is 35.9. The quantitative estimate of drug-likeness (QED) is 0.341. The van der Waals surface area contributed by atoms with Crippen molar-refractivity contribution in [3.63, 3.8) is 0 Å². The fraction of sp³-hybridized carbons (Fsp3) is 0.522. The Kier molecular flexibility index (Phi) is 4.63. The maximum atomic E-state index is 12.2. The van der Waals surface area contributed by atoms with Gasteiger partial charge in [-0.2, -0.15) is 0 Å². The number of halogens is 1. The second-order valence-electron chi connectivity index (χ2n) is 8.84. The van der Waals surface area contributed by atoms with Gasteiger partial charge in [0, 0.05) is 30.0 Å². The summed E-state index contributed by atoms with van der Waals surface area (Å²) in [5, 5.41) is 14.0. The highest BCUT2D eigenvalue weighted by molar-refractivity contribution is 5.85. The standard InChI is InChI=1S/C23H28N2O2.ClH/c1-3-5-10-25-11-9-23-18-7-6-8-19(27)21(18)24-22(23)17(14-26)16(12-20(23)25)15(4-2)13-25;/h4,6-8,14,16,20H,3,5,9-13H2,1-2H3,(H-,24,26,27);1H/t16-,20-,23?,25?;/m0./s1. The highest BCUT2D eigenvalue weighted by Crippen LogP contribution is 2.64. The first-order valence-corrected chi connectivity index (χ1v) is 10.4. The first kappa shape index (κ1) is 19.5. The number of allylic oxidation sites excluding steroid dienone is 2. The molecule has 5 heteroatoms. The van der Waals surface area contributed by atoms with E-state index in [1.165, 1.54) is 30.5 Å². The number of nitrogens with one attached hydrogen (secondary N) is 1. The lowest BCUT2D eigenvalue weighted by molar-refractivity contribution is -0.941. The molecule has 2 bridgehead atoms. The molecular formula is C23H29ClN2O2. The van der Waals surface area contributed by atoms with E-state index in [0.717, 1.165) is 53.7 Å². The number of nitrogens with zero attached hydrogens (tertiary/aromatic N) is 1. The van der Waals surface area contributed by atoms with E-state index >= 15 is 0 Å². The number of hydrogen-bond donors (Lipinski definition) is 2. The van der Waals surface area contributed by atoms with E-state index in [0.29, 0.717) is 11.8 Å². The van der Waals surface area contributed by atoms with Gasteiger partial charge in [0.05, 0.1) is 24.2 Å². The van der Waals surface area contributed by atoms with Gasteiger partial charge in [-0.1, -0.05) is 31.6 Å². The van der Waals surface area contributed by atoms with Crippen LogP contribution < -0.4 is 17.7 Å². The number of hydrogen-bond acceptors (Lipinski definition) is 3. The van der Waals surface area contributed by atoms with Gasteiger partial charge in [-0.3, -0.25) is 4.79 Å². The number of carbonyl (C=O) groups is 1. The molecule has 1 spiro atoms. The smallest absolute Gasteiger partial charge is 0.148 e. The van der Waals surface area contributed by atoms with Crippen LogP contribution >= 0.6 is 0 Å². The molecule has 2 unspecified atom stereocenters. The molecule has 2 saturated heterocycles. The summed E-state index contributed by atoms with van der Waals surface area (Å²) in [5.74, 6) is 0.531. The molecule has 2 N–H and O–H groups in total. The molecule has 0 saturated carbocycles. The largest absolute Gasteiger partial charge is 1.00 e. The van der Waals surface area contributed by atoms with Gasteiger partial charge in [0.1, 0.15) is 24.6 Å². The van der Waals surface area contributed by atoms with Crippen LogP contribution in [-0.4, -0.2) is 41.6 Å². The summed E-state index contributed by atoms with van der Waals surface area (Å²) in [5.41, 5.74) is 5.34. The van der Waals surface area contributed by atoms with Crippen molar-refractivity contribution < 1.29 is 26.8 Å². The van der Waals surface area contributed by atoms with Gasteiger partial charge in [-0.15, -0.1) is 0 Å². The van der Waals surface area contributed by atoms with E-state index in [1.54, 1.807) is 6.07 Å². The number of aromatic hydroxyl groups is 1. The predicted octanol–water partition coefficient (Wildman–Crippen LogP) is 0.882. The summed E-state index contributed by atoms with van der Waals surface area (Å²) in [6.07, 6.45) is 7.91. The summed E-state index contributed by atoms with van der Waals surface area (Å²) in [4.78, 5) is 12.2. The third kappa shape index (κ3) is 2.19. The topological polar surface area (TPSA) is 49.3 Å². The van der Waals surface area contributed by atoms with Crippen LogP contribution in [0.2, 0.25) is 0 Å². The maximum Gasteiger partial charge on any atom is 0.148 e.